The van der Waals surface area contributed by atoms with Crippen LogP contribution < -0.4 is 16.0 Å². The Labute approximate surface area is 153 Å². The molecule has 0 spiro atoms. The van der Waals surface area contributed by atoms with Crippen molar-refractivity contribution in [2.45, 2.75) is 18.9 Å². The van der Waals surface area contributed by atoms with Gasteiger partial charge in [0.15, 0.2) is 0 Å². The molecule has 0 radical (unpaired) electrons. The van der Waals surface area contributed by atoms with E-state index in [1.807, 2.05) is 0 Å². The Morgan fingerprint density at radius 3 is 2.22 bits per heavy atom. The maximum absolute atomic E-state index is 12.0. The fourth-order valence-electron chi connectivity index (χ4n) is 3.02. The summed E-state index contributed by atoms with van der Waals surface area (Å²) in [5.74, 6) is -2.84. The summed E-state index contributed by atoms with van der Waals surface area (Å²) in [6.07, 6.45) is 1.54. The number of carboxylic acids is 2. The first-order valence-electron chi connectivity index (χ1n) is 8.25. The van der Waals surface area contributed by atoms with Crippen LogP contribution in [0.3, 0.4) is 0 Å². The van der Waals surface area contributed by atoms with Gasteiger partial charge in [0.2, 0.25) is 0 Å². The highest BCUT2D eigenvalue weighted by Crippen LogP contribution is 2.31. The first kappa shape index (κ1) is 18.5. The molecule has 2 aromatic rings. The summed E-state index contributed by atoms with van der Waals surface area (Å²) in [6.45, 7) is 1.25. The van der Waals surface area contributed by atoms with E-state index in [0.717, 1.165) is 12.8 Å². The molecule has 5 N–H and O–H groups in total. The van der Waals surface area contributed by atoms with Crippen LogP contribution in [0.1, 0.15) is 33.6 Å². The van der Waals surface area contributed by atoms with Crippen molar-refractivity contribution >= 4 is 17.8 Å². The van der Waals surface area contributed by atoms with E-state index in [2.05, 4.69) is 4.98 Å². The molecule has 9 heteroatoms. The first-order valence-corrected chi connectivity index (χ1v) is 8.25. The molecule has 0 bridgehead atoms. The molecule has 2 heterocycles. The second kappa shape index (κ2) is 7.50. The van der Waals surface area contributed by atoms with Gasteiger partial charge in [-0.2, -0.15) is 0 Å². The normalized spacial score (nSPS) is 14.7. The second-order valence-corrected chi connectivity index (χ2v) is 6.06. The van der Waals surface area contributed by atoms with Crippen LogP contribution in [0.15, 0.2) is 29.1 Å². The van der Waals surface area contributed by atoms with Gasteiger partial charge < -0.3 is 30.4 Å². The highest BCUT2D eigenvalue weighted by Gasteiger charge is 2.26. The zero-order chi connectivity index (χ0) is 19.6. The van der Waals surface area contributed by atoms with Gasteiger partial charge in [-0.05, 0) is 17.7 Å². The van der Waals surface area contributed by atoms with E-state index in [9.17, 15) is 24.6 Å². The number of aromatic amines is 1. The standard InChI is InChI=1S/C18H18N2O7/c19-15-13(17(22)23)12(14(18(24)25)16(21)20-15)9-1-3-10(4-2-9)27-11-5-7-26-8-6-11/h1-4,11H,5-8H2,(H,22,23)(H,24,25)(H3,19,20,21). The molecule has 0 aliphatic carbocycles. The van der Waals surface area contributed by atoms with Crippen LogP contribution in [0, 0.1) is 0 Å². The summed E-state index contributed by atoms with van der Waals surface area (Å²) < 4.78 is 11.1. The number of ether oxygens (including phenoxy) is 2. The number of rotatable bonds is 5. The molecule has 3 rings (SSSR count). The summed E-state index contributed by atoms with van der Waals surface area (Å²) in [6, 6.07) is 6.20. The van der Waals surface area contributed by atoms with Gasteiger partial charge in [-0.15, -0.1) is 0 Å². The lowest BCUT2D eigenvalue weighted by molar-refractivity contribution is 0.0255. The quantitative estimate of drug-likeness (QED) is 0.615. The fourth-order valence-corrected chi connectivity index (χ4v) is 3.02. The Kier molecular flexibility index (Phi) is 5.13. The highest BCUT2D eigenvalue weighted by atomic mass is 16.5. The maximum atomic E-state index is 12.0. The lowest BCUT2D eigenvalue weighted by Gasteiger charge is -2.23. The number of benzene rings is 1. The minimum Gasteiger partial charge on any atom is -0.490 e. The highest BCUT2D eigenvalue weighted by molar-refractivity contribution is 6.07. The maximum Gasteiger partial charge on any atom is 0.342 e. The fraction of sp³-hybridized carbons (Fsp3) is 0.278. The van der Waals surface area contributed by atoms with Crippen molar-refractivity contribution in [2.75, 3.05) is 18.9 Å². The van der Waals surface area contributed by atoms with Crippen LogP contribution >= 0.6 is 0 Å². The van der Waals surface area contributed by atoms with Crippen LogP contribution in [0.2, 0.25) is 0 Å². The van der Waals surface area contributed by atoms with Crippen molar-refractivity contribution in [1.82, 2.24) is 4.98 Å². The SMILES string of the molecule is Nc1[nH]c(=O)c(C(=O)O)c(-c2ccc(OC3CCOCC3)cc2)c1C(=O)O. The molecule has 0 unspecified atom stereocenters. The largest absolute Gasteiger partial charge is 0.490 e. The van der Waals surface area contributed by atoms with Gasteiger partial charge in [-0.3, -0.25) is 4.79 Å². The Bertz CT molecular complexity index is 928. The van der Waals surface area contributed by atoms with Crippen LogP contribution in [0.25, 0.3) is 11.1 Å². The number of carboxylic acid groups (broad SMARTS) is 2. The van der Waals surface area contributed by atoms with Crippen molar-refractivity contribution in [3.63, 3.8) is 0 Å². The van der Waals surface area contributed by atoms with Gasteiger partial charge in [0.1, 0.15) is 28.8 Å². The molecule has 1 aliphatic heterocycles. The lowest BCUT2D eigenvalue weighted by atomic mass is 9.95. The van der Waals surface area contributed by atoms with Gasteiger partial charge in [0, 0.05) is 18.4 Å². The Hall–Kier alpha value is -3.33. The van der Waals surface area contributed by atoms with Crippen LogP contribution in [0.4, 0.5) is 5.82 Å². The number of nitrogen functional groups attached to an aromatic ring is 1. The zero-order valence-corrected chi connectivity index (χ0v) is 14.2. The van der Waals surface area contributed by atoms with E-state index >= 15 is 0 Å². The average molecular weight is 374 g/mol. The molecule has 0 amide bonds. The molecular weight excluding hydrogens is 356 g/mol. The predicted octanol–water partition coefficient (Wildman–Crippen LogP) is 1.58. The van der Waals surface area contributed by atoms with Crippen LogP contribution in [-0.4, -0.2) is 46.5 Å². The van der Waals surface area contributed by atoms with E-state index in [1.165, 1.54) is 12.1 Å². The molecule has 1 fully saturated rings. The minimum atomic E-state index is -1.55. The number of nitrogens with one attached hydrogen (secondary N) is 1. The number of pyridine rings is 1. The zero-order valence-electron chi connectivity index (χ0n) is 14.2. The van der Waals surface area contributed by atoms with E-state index in [0.29, 0.717) is 19.0 Å². The topological polar surface area (TPSA) is 152 Å². The molecule has 142 valence electrons. The van der Waals surface area contributed by atoms with Crippen molar-refractivity contribution in [1.29, 1.82) is 0 Å². The smallest absolute Gasteiger partial charge is 0.342 e. The number of H-pyrrole nitrogens is 1. The van der Waals surface area contributed by atoms with Crippen molar-refractivity contribution in [3.8, 4) is 16.9 Å². The number of carbonyl (C=O) groups is 2. The lowest BCUT2D eigenvalue weighted by Crippen LogP contribution is -2.25. The molecule has 1 aliphatic rings. The number of nitrogens with two attached hydrogens (primary N) is 1. The van der Waals surface area contributed by atoms with E-state index in [4.69, 9.17) is 15.2 Å². The molecule has 1 saturated heterocycles. The second-order valence-electron chi connectivity index (χ2n) is 6.06. The third kappa shape index (κ3) is 3.77. The van der Waals surface area contributed by atoms with E-state index < -0.39 is 34.4 Å². The van der Waals surface area contributed by atoms with Crippen LogP contribution in [-0.2, 0) is 4.74 Å². The number of aromatic carboxylic acids is 2. The van der Waals surface area contributed by atoms with Gasteiger partial charge in [-0.25, -0.2) is 9.59 Å². The van der Waals surface area contributed by atoms with Gasteiger partial charge in [0.25, 0.3) is 5.56 Å². The summed E-state index contributed by atoms with van der Waals surface area (Å²) in [5, 5.41) is 18.8. The number of hydrogen-bond acceptors (Lipinski definition) is 6. The number of hydrogen-bond donors (Lipinski definition) is 4. The molecule has 0 atom stereocenters. The average Bonchev–Trinajstić information content (AvgIpc) is 2.62. The van der Waals surface area contributed by atoms with E-state index in [1.54, 1.807) is 12.1 Å². The molecule has 1 aromatic carbocycles. The Morgan fingerprint density at radius 2 is 1.67 bits per heavy atom. The van der Waals surface area contributed by atoms with Gasteiger partial charge >= 0.3 is 11.9 Å². The minimum absolute atomic E-state index is 0.0176. The Balaban J connectivity index is 2.03. The van der Waals surface area contributed by atoms with Gasteiger partial charge in [0.05, 0.1) is 13.2 Å². The molecule has 9 nitrogen and oxygen atoms in total. The summed E-state index contributed by atoms with van der Waals surface area (Å²) >= 11 is 0. The van der Waals surface area contributed by atoms with Crippen molar-refractivity contribution in [2.24, 2.45) is 0 Å². The summed E-state index contributed by atoms with van der Waals surface area (Å²) in [7, 11) is 0. The molecule has 27 heavy (non-hydrogen) atoms. The van der Waals surface area contributed by atoms with Crippen molar-refractivity contribution in [3.05, 3.63) is 45.7 Å². The summed E-state index contributed by atoms with van der Waals surface area (Å²) in [4.78, 5) is 37.2. The summed E-state index contributed by atoms with van der Waals surface area (Å²) in [5.41, 5.74) is 3.50. The predicted molar refractivity (Wildman–Crippen MR) is 95.3 cm³/mol. The third-order valence-electron chi connectivity index (χ3n) is 4.29. The molecule has 1 aromatic heterocycles. The first-order chi connectivity index (χ1) is 12.9. The Morgan fingerprint density at radius 1 is 1.07 bits per heavy atom. The van der Waals surface area contributed by atoms with Crippen LogP contribution in [0.5, 0.6) is 5.75 Å². The monoisotopic (exact) mass is 374 g/mol. The number of anilines is 1. The molecule has 0 saturated carbocycles. The molecular formula is C18H18N2O7. The third-order valence-corrected chi connectivity index (χ3v) is 4.29. The number of aromatic nitrogens is 1. The van der Waals surface area contributed by atoms with E-state index in [-0.39, 0.29) is 17.2 Å². The van der Waals surface area contributed by atoms with Gasteiger partial charge in [-0.1, -0.05) is 12.1 Å². The van der Waals surface area contributed by atoms with Crippen molar-refractivity contribution < 1.29 is 29.3 Å².